The first-order chi connectivity index (χ1) is 17.1. The zero-order valence-electron chi connectivity index (χ0n) is 19.1. The number of hydrogen-bond donors (Lipinski definition) is 1. The Morgan fingerprint density at radius 1 is 1.03 bits per heavy atom. The van der Waals surface area contributed by atoms with Gasteiger partial charge < -0.3 is 10.1 Å². The van der Waals surface area contributed by atoms with Crippen LogP contribution in [0.15, 0.2) is 95.0 Å². The Labute approximate surface area is 207 Å². The lowest BCUT2D eigenvalue weighted by Gasteiger charge is -2.23. The third-order valence-electron chi connectivity index (χ3n) is 5.88. The van der Waals surface area contributed by atoms with E-state index in [1.807, 2.05) is 65.7 Å². The lowest BCUT2D eigenvalue weighted by atomic mass is 9.99. The Morgan fingerprint density at radius 2 is 1.71 bits per heavy atom. The average molecular weight is 485 g/mol. The summed E-state index contributed by atoms with van der Waals surface area (Å²) < 4.78 is 5.29. The fourth-order valence-electron chi connectivity index (χ4n) is 4.15. The number of thioether (sulfide) groups is 1. The van der Waals surface area contributed by atoms with E-state index in [1.54, 1.807) is 19.2 Å². The molecule has 7 nitrogen and oxygen atoms in total. The van der Waals surface area contributed by atoms with E-state index < -0.39 is 5.25 Å². The van der Waals surface area contributed by atoms with Gasteiger partial charge in [-0.2, -0.15) is 10.1 Å². The molecule has 0 unspecified atom stereocenters. The van der Waals surface area contributed by atoms with Crippen LogP contribution in [0.3, 0.4) is 0 Å². The molecule has 176 valence electrons. The normalized spacial score (nSPS) is 19.3. The molecule has 3 aromatic rings. The molecule has 0 aromatic heterocycles. The molecule has 0 spiro atoms. The number of carbonyl (C=O) groups excluding carboxylic acids is 2. The first kappa shape index (κ1) is 22.9. The molecule has 2 heterocycles. The Hall–Kier alpha value is -3.91. The van der Waals surface area contributed by atoms with Crippen LogP contribution in [0.1, 0.15) is 30.0 Å². The standard InChI is InChI=1S/C27H24N4O3S/c1-34-23-15-9-8-14-20(23)28-25(32)17-24-26(33)29-27(35-24)31-22(19-12-6-3-7-13-19)16-21(30-31)18-10-4-2-5-11-18/h2-15,22,24H,16-17H2,1H3,(H,28,32)/t22-,24-/m1/s1. The highest BCUT2D eigenvalue weighted by atomic mass is 32.2. The largest absolute Gasteiger partial charge is 0.495 e. The number of anilines is 1. The van der Waals surface area contributed by atoms with Crippen molar-refractivity contribution >= 4 is 40.1 Å². The van der Waals surface area contributed by atoms with Gasteiger partial charge in [-0.3, -0.25) is 9.59 Å². The molecule has 2 aliphatic rings. The number of nitrogens with one attached hydrogen (secondary N) is 1. The van der Waals surface area contributed by atoms with E-state index in [2.05, 4.69) is 22.4 Å². The van der Waals surface area contributed by atoms with Crippen LogP contribution in [0.25, 0.3) is 0 Å². The third kappa shape index (κ3) is 4.97. The molecule has 3 aromatic carbocycles. The minimum atomic E-state index is -0.605. The smallest absolute Gasteiger partial charge is 0.262 e. The summed E-state index contributed by atoms with van der Waals surface area (Å²) in [5.41, 5.74) is 3.64. The van der Waals surface area contributed by atoms with Crippen LogP contribution in [0, 0.1) is 0 Å². The summed E-state index contributed by atoms with van der Waals surface area (Å²) in [6, 6.07) is 27.2. The van der Waals surface area contributed by atoms with Gasteiger partial charge in [0.1, 0.15) is 11.0 Å². The molecule has 0 saturated heterocycles. The Kier molecular flexibility index (Phi) is 6.63. The van der Waals surface area contributed by atoms with Gasteiger partial charge in [0.2, 0.25) is 5.91 Å². The number of benzene rings is 3. The minimum Gasteiger partial charge on any atom is -0.495 e. The maximum atomic E-state index is 12.8. The molecule has 0 saturated carbocycles. The van der Waals surface area contributed by atoms with Crippen LogP contribution < -0.4 is 10.1 Å². The number of para-hydroxylation sites is 2. The van der Waals surface area contributed by atoms with Crippen LogP contribution in [0.2, 0.25) is 0 Å². The van der Waals surface area contributed by atoms with Crippen molar-refractivity contribution in [3.05, 3.63) is 96.1 Å². The molecule has 8 heteroatoms. The molecule has 2 atom stereocenters. The molecular weight excluding hydrogens is 460 g/mol. The highest BCUT2D eigenvalue weighted by molar-refractivity contribution is 8.15. The van der Waals surface area contributed by atoms with Crippen LogP contribution >= 0.6 is 11.8 Å². The van der Waals surface area contributed by atoms with Crippen molar-refractivity contribution in [2.24, 2.45) is 10.1 Å². The number of methoxy groups -OCH3 is 1. The van der Waals surface area contributed by atoms with Gasteiger partial charge in [0, 0.05) is 12.8 Å². The molecule has 0 radical (unpaired) electrons. The number of amidine groups is 1. The van der Waals surface area contributed by atoms with E-state index in [9.17, 15) is 9.59 Å². The van der Waals surface area contributed by atoms with E-state index in [1.165, 1.54) is 11.8 Å². The first-order valence-electron chi connectivity index (χ1n) is 11.3. The highest BCUT2D eigenvalue weighted by Crippen LogP contribution is 2.38. The zero-order valence-corrected chi connectivity index (χ0v) is 19.9. The predicted molar refractivity (Wildman–Crippen MR) is 139 cm³/mol. The Morgan fingerprint density at radius 3 is 2.46 bits per heavy atom. The van der Waals surface area contributed by atoms with Crippen LogP contribution in [-0.4, -0.2) is 40.1 Å². The molecule has 35 heavy (non-hydrogen) atoms. The monoisotopic (exact) mass is 484 g/mol. The molecule has 5 rings (SSSR count). The maximum Gasteiger partial charge on any atom is 0.262 e. The van der Waals surface area contributed by atoms with Gasteiger partial charge in [0.25, 0.3) is 5.91 Å². The second kappa shape index (κ2) is 10.1. The van der Waals surface area contributed by atoms with E-state index in [0.29, 0.717) is 23.0 Å². The van der Waals surface area contributed by atoms with Crippen molar-refractivity contribution in [2.45, 2.75) is 24.1 Å². The zero-order chi connectivity index (χ0) is 24.2. The molecule has 0 aliphatic carbocycles. The molecule has 0 fully saturated rings. The van der Waals surface area contributed by atoms with Crippen molar-refractivity contribution in [1.29, 1.82) is 0 Å². The lowest BCUT2D eigenvalue weighted by Crippen LogP contribution is -2.25. The topological polar surface area (TPSA) is 83.4 Å². The third-order valence-corrected chi connectivity index (χ3v) is 7.02. The lowest BCUT2D eigenvalue weighted by molar-refractivity contribution is -0.121. The summed E-state index contributed by atoms with van der Waals surface area (Å²) in [5, 5.41) is 9.45. The summed E-state index contributed by atoms with van der Waals surface area (Å²) in [7, 11) is 1.55. The Balaban J connectivity index is 1.33. The number of rotatable bonds is 6. The molecule has 2 amide bonds. The summed E-state index contributed by atoms with van der Waals surface area (Å²) >= 11 is 1.29. The highest BCUT2D eigenvalue weighted by Gasteiger charge is 2.39. The number of amides is 2. The van der Waals surface area contributed by atoms with Crippen molar-refractivity contribution in [2.75, 3.05) is 12.4 Å². The van der Waals surface area contributed by atoms with E-state index >= 15 is 0 Å². The maximum absolute atomic E-state index is 12.8. The van der Waals surface area contributed by atoms with Gasteiger partial charge in [0.05, 0.1) is 24.6 Å². The van der Waals surface area contributed by atoms with Gasteiger partial charge in [-0.25, -0.2) is 5.01 Å². The predicted octanol–water partition coefficient (Wildman–Crippen LogP) is 4.87. The molecule has 1 N–H and O–H groups in total. The van der Waals surface area contributed by atoms with Crippen LogP contribution in [0.4, 0.5) is 5.69 Å². The van der Waals surface area contributed by atoms with Crippen LogP contribution in [0.5, 0.6) is 5.75 Å². The summed E-state index contributed by atoms with van der Waals surface area (Å²) in [6.45, 7) is 0. The van der Waals surface area contributed by atoms with Gasteiger partial charge in [-0.15, -0.1) is 0 Å². The van der Waals surface area contributed by atoms with E-state index in [0.717, 1.165) is 16.8 Å². The first-order valence-corrected chi connectivity index (χ1v) is 12.2. The quantitative estimate of drug-likeness (QED) is 0.540. The second-order valence-electron chi connectivity index (χ2n) is 8.18. The van der Waals surface area contributed by atoms with E-state index in [4.69, 9.17) is 9.84 Å². The van der Waals surface area contributed by atoms with Gasteiger partial charge >= 0.3 is 0 Å². The van der Waals surface area contributed by atoms with Crippen molar-refractivity contribution in [3.8, 4) is 5.75 Å². The SMILES string of the molecule is COc1ccccc1NC(=O)C[C@H]1SC(N2N=C(c3ccccc3)C[C@@H]2c2ccccc2)=NC1=O. The second-order valence-corrected chi connectivity index (χ2v) is 9.35. The molecular formula is C27H24N4O3S. The number of nitrogens with zero attached hydrogens (tertiary/aromatic N) is 3. The fourth-order valence-corrected chi connectivity index (χ4v) is 5.21. The van der Waals surface area contributed by atoms with Gasteiger partial charge in [0.15, 0.2) is 5.17 Å². The number of aliphatic imine (C=N–C) groups is 1. The Bertz CT molecular complexity index is 1290. The fraction of sp³-hybridized carbons (Fsp3) is 0.185. The molecule has 0 bridgehead atoms. The number of carbonyl (C=O) groups is 2. The van der Waals surface area contributed by atoms with Crippen molar-refractivity contribution in [3.63, 3.8) is 0 Å². The summed E-state index contributed by atoms with van der Waals surface area (Å²) in [4.78, 5) is 29.8. The van der Waals surface area contributed by atoms with Crippen molar-refractivity contribution < 1.29 is 14.3 Å². The minimum absolute atomic E-state index is 0.00759. The van der Waals surface area contributed by atoms with Gasteiger partial charge in [-0.05, 0) is 23.3 Å². The van der Waals surface area contributed by atoms with E-state index in [-0.39, 0.29) is 24.3 Å². The summed E-state index contributed by atoms with van der Waals surface area (Å²) in [6.07, 6.45) is 0.703. The van der Waals surface area contributed by atoms with Crippen LogP contribution in [-0.2, 0) is 9.59 Å². The summed E-state index contributed by atoms with van der Waals surface area (Å²) in [5.74, 6) is -0.0320. The number of ether oxygens (including phenoxy) is 1. The average Bonchev–Trinajstić information content (AvgIpc) is 3.49. The van der Waals surface area contributed by atoms with Crippen molar-refractivity contribution in [1.82, 2.24) is 5.01 Å². The number of hydrogen-bond acceptors (Lipinski definition) is 6. The molecule has 2 aliphatic heterocycles. The number of hydrazone groups is 1. The van der Waals surface area contributed by atoms with Gasteiger partial charge in [-0.1, -0.05) is 84.6 Å².